The van der Waals surface area contributed by atoms with E-state index < -0.39 is 11.2 Å². The molecule has 2 amide bonds. The summed E-state index contributed by atoms with van der Waals surface area (Å²) in [5, 5.41) is 5.02. The Balaban J connectivity index is 1.61. The van der Waals surface area contributed by atoms with Crippen LogP contribution < -0.4 is 15.4 Å². The SMILES string of the molecule is CCOC(=O)c1ccc(NC(=O)C[C@H]2Sc3cc(OC)ccc3NC2=O)cc1. The van der Waals surface area contributed by atoms with Gasteiger partial charge in [-0.05, 0) is 49.4 Å². The lowest BCUT2D eigenvalue weighted by Gasteiger charge is -2.24. The molecule has 3 rings (SSSR count). The lowest BCUT2D eigenvalue weighted by Crippen LogP contribution is -2.32. The van der Waals surface area contributed by atoms with E-state index in [1.165, 1.54) is 11.8 Å². The van der Waals surface area contributed by atoms with Gasteiger partial charge in [-0.3, -0.25) is 9.59 Å². The maximum Gasteiger partial charge on any atom is 0.338 e. The molecule has 0 aliphatic carbocycles. The quantitative estimate of drug-likeness (QED) is 0.723. The zero-order chi connectivity index (χ0) is 20.1. The number of carbonyl (C=O) groups excluding carboxylic acids is 3. The first-order chi connectivity index (χ1) is 13.5. The van der Waals surface area contributed by atoms with Gasteiger partial charge >= 0.3 is 5.97 Å². The number of benzene rings is 2. The molecular weight excluding hydrogens is 380 g/mol. The van der Waals surface area contributed by atoms with Gasteiger partial charge < -0.3 is 20.1 Å². The van der Waals surface area contributed by atoms with Crippen LogP contribution in [0.3, 0.4) is 0 Å². The highest BCUT2D eigenvalue weighted by atomic mass is 32.2. The minimum atomic E-state index is -0.543. The van der Waals surface area contributed by atoms with Crippen LogP contribution in [0.15, 0.2) is 47.4 Å². The van der Waals surface area contributed by atoms with Crippen molar-refractivity contribution in [1.82, 2.24) is 0 Å². The Hall–Kier alpha value is -3.00. The molecular formula is C20H20N2O5S. The van der Waals surface area contributed by atoms with Crippen LogP contribution in [0.5, 0.6) is 5.75 Å². The Kier molecular flexibility index (Phi) is 6.20. The van der Waals surface area contributed by atoms with Gasteiger partial charge in [0.05, 0.1) is 30.2 Å². The fraction of sp³-hybridized carbons (Fsp3) is 0.250. The molecule has 1 atom stereocenters. The van der Waals surface area contributed by atoms with Crippen LogP contribution in [0.4, 0.5) is 11.4 Å². The minimum Gasteiger partial charge on any atom is -0.497 e. The highest BCUT2D eigenvalue weighted by Crippen LogP contribution is 2.39. The summed E-state index contributed by atoms with van der Waals surface area (Å²) in [5.74, 6) is -0.226. The van der Waals surface area contributed by atoms with Crippen molar-refractivity contribution < 1.29 is 23.9 Å². The highest BCUT2D eigenvalue weighted by Gasteiger charge is 2.29. The Morgan fingerprint density at radius 3 is 2.61 bits per heavy atom. The molecule has 1 heterocycles. The number of hydrogen-bond acceptors (Lipinski definition) is 6. The lowest BCUT2D eigenvalue weighted by atomic mass is 10.2. The minimum absolute atomic E-state index is 0.0206. The van der Waals surface area contributed by atoms with E-state index in [2.05, 4.69) is 10.6 Å². The van der Waals surface area contributed by atoms with Crippen LogP contribution in [0.25, 0.3) is 0 Å². The van der Waals surface area contributed by atoms with E-state index in [1.807, 2.05) is 6.07 Å². The van der Waals surface area contributed by atoms with Gasteiger partial charge in [0, 0.05) is 17.0 Å². The third-order valence-electron chi connectivity index (χ3n) is 4.06. The molecule has 1 aliphatic rings. The number of fused-ring (bicyclic) bond motifs is 1. The molecule has 0 saturated carbocycles. The summed E-state index contributed by atoms with van der Waals surface area (Å²) in [5.41, 5.74) is 1.66. The van der Waals surface area contributed by atoms with Crippen LogP contribution in [0, 0.1) is 0 Å². The van der Waals surface area contributed by atoms with Crippen LogP contribution in [0.2, 0.25) is 0 Å². The second kappa shape index (κ2) is 8.79. The van der Waals surface area contributed by atoms with Crippen molar-refractivity contribution in [3.8, 4) is 5.75 Å². The molecule has 0 radical (unpaired) electrons. The number of esters is 1. The Bertz CT molecular complexity index is 898. The van der Waals surface area contributed by atoms with Crippen molar-refractivity contribution in [1.29, 1.82) is 0 Å². The summed E-state index contributed by atoms with van der Waals surface area (Å²) in [4.78, 5) is 37.2. The third kappa shape index (κ3) is 4.64. The van der Waals surface area contributed by atoms with Crippen molar-refractivity contribution >= 4 is 40.9 Å². The van der Waals surface area contributed by atoms with E-state index in [0.717, 1.165) is 4.90 Å². The number of hydrogen-bond donors (Lipinski definition) is 2. The number of nitrogens with one attached hydrogen (secondary N) is 2. The molecule has 0 spiro atoms. The molecule has 8 heteroatoms. The summed E-state index contributed by atoms with van der Waals surface area (Å²) < 4.78 is 10.1. The lowest BCUT2D eigenvalue weighted by molar-refractivity contribution is -0.120. The van der Waals surface area contributed by atoms with Crippen LogP contribution in [-0.2, 0) is 14.3 Å². The van der Waals surface area contributed by atoms with Gasteiger partial charge in [-0.1, -0.05) is 0 Å². The maximum atomic E-state index is 12.4. The zero-order valence-corrected chi connectivity index (χ0v) is 16.3. The van der Waals surface area contributed by atoms with Crippen molar-refractivity contribution in [3.63, 3.8) is 0 Å². The van der Waals surface area contributed by atoms with Gasteiger partial charge in [0.25, 0.3) is 0 Å². The molecule has 7 nitrogen and oxygen atoms in total. The number of rotatable bonds is 6. The molecule has 1 aliphatic heterocycles. The first kappa shape index (κ1) is 19.8. The second-order valence-corrected chi connectivity index (χ2v) is 7.25. The van der Waals surface area contributed by atoms with Crippen molar-refractivity contribution in [3.05, 3.63) is 48.0 Å². The molecule has 0 saturated heterocycles. The monoisotopic (exact) mass is 400 g/mol. The molecule has 2 aromatic rings. The fourth-order valence-electron chi connectivity index (χ4n) is 2.67. The molecule has 0 aromatic heterocycles. The van der Waals surface area contributed by atoms with Crippen LogP contribution in [-0.4, -0.2) is 36.8 Å². The van der Waals surface area contributed by atoms with E-state index >= 15 is 0 Å². The van der Waals surface area contributed by atoms with Crippen LogP contribution >= 0.6 is 11.8 Å². The summed E-state index contributed by atoms with van der Waals surface area (Å²) >= 11 is 1.33. The van der Waals surface area contributed by atoms with E-state index in [1.54, 1.807) is 50.4 Å². The summed E-state index contributed by atoms with van der Waals surface area (Å²) in [6.45, 7) is 2.04. The van der Waals surface area contributed by atoms with Crippen molar-refractivity contribution in [2.75, 3.05) is 24.4 Å². The average molecular weight is 400 g/mol. The number of methoxy groups -OCH3 is 1. The molecule has 146 valence electrons. The Labute approximate surface area is 166 Å². The van der Waals surface area contributed by atoms with Gasteiger partial charge in [-0.25, -0.2) is 4.79 Å². The van der Waals surface area contributed by atoms with E-state index in [4.69, 9.17) is 9.47 Å². The third-order valence-corrected chi connectivity index (χ3v) is 5.32. The first-order valence-electron chi connectivity index (χ1n) is 8.72. The second-order valence-electron chi connectivity index (χ2n) is 6.01. The molecule has 0 bridgehead atoms. The average Bonchev–Trinajstić information content (AvgIpc) is 2.69. The summed E-state index contributed by atoms with van der Waals surface area (Å²) in [6.07, 6.45) is 0.0206. The fourth-order valence-corrected chi connectivity index (χ4v) is 3.81. The van der Waals surface area contributed by atoms with Gasteiger partial charge in [0.2, 0.25) is 11.8 Å². The van der Waals surface area contributed by atoms with E-state index in [0.29, 0.717) is 29.3 Å². The molecule has 2 aromatic carbocycles. The van der Waals surface area contributed by atoms with Gasteiger partial charge in [0.15, 0.2) is 0 Å². The predicted octanol–water partition coefficient (Wildman–Crippen LogP) is 3.31. The van der Waals surface area contributed by atoms with Crippen LogP contribution in [0.1, 0.15) is 23.7 Å². The number of ether oxygens (including phenoxy) is 2. The van der Waals surface area contributed by atoms with E-state index in [9.17, 15) is 14.4 Å². The molecule has 2 N–H and O–H groups in total. The first-order valence-corrected chi connectivity index (χ1v) is 9.60. The largest absolute Gasteiger partial charge is 0.497 e. The smallest absolute Gasteiger partial charge is 0.338 e. The Morgan fingerprint density at radius 2 is 1.93 bits per heavy atom. The number of carbonyl (C=O) groups is 3. The highest BCUT2D eigenvalue weighted by molar-refractivity contribution is 8.01. The number of anilines is 2. The normalized spacial score (nSPS) is 15.2. The summed E-state index contributed by atoms with van der Waals surface area (Å²) in [7, 11) is 1.58. The maximum absolute atomic E-state index is 12.4. The number of thioether (sulfide) groups is 1. The summed E-state index contributed by atoms with van der Waals surface area (Å²) in [6, 6.07) is 11.8. The molecule has 28 heavy (non-hydrogen) atoms. The number of amides is 2. The molecule has 0 fully saturated rings. The molecule has 0 unspecified atom stereocenters. The van der Waals surface area contributed by atoms with Gasteiger partial charge in [0.1, 0.15) is 5.75 Å². The zero-order valence-electron chi connectivity index (χ0n) is 15.5. The van der Waals surface area contributed by atoms with Gasteiger partial charge in [-0.2, -0.15) is 0 Å². The van der Waals surface area contributed by atoms with E-state index in [-0.39, 0.29) is 18.2 Å². The standard InChI is InChI=1S/C20H20N2O5S/c1-3-27-20(25)12-4-6-13(7-5-12)21-18(23)11-17-19(24)22-15-9-8-14(26-2)10-16(15)28-17/h4-10,17H,3,11H2,1-2H3,(H,21,23)(H,22,24)/t17-/m1/s1. The van der Waals surface area contributed by atoms with Crippen molar-refractivity contribution in [2.45, 2.75) is 23.5 Å². The topological polar surface area (TPSA) is 93.7 Å². The predicted molar refractivity (Wildman–Crippen MR) is 107 cm³/mol. The van der Waals surface area contributed by atoms with Gasteiger partial charge in [-0.15, -0.1) is 11.8 Å². The van der Waals surface area contributed by atoms with Crippen molar-refractivity contribution in [2.24, 2.45) is 0 Å². The Morgan fingerprint density at radius 1 is 1.18 bits per heavy atom.